The van der Waals surface area contributed by atoms with E-state index in [9.17, 15) is 14.3 Å². The highest BCUT2D eigenvalue weighted by atomic mass is 19.1. The van der Waals surface area contributed by atoms with E-state index in [1.165, 1.54) is 24.5 Å². The first-order valence-corrected chi connectivity index (χ1v) is 8.61. The van der Waals surface area contributed by atoms with Crippen molar-refractivity contribution in [3.05, 3.63) is 72.3 Å². The number of carbonyl (C=O) groups is 1. The Labute approximate surface area is 155 Å². The van der Waals surface area contributed by atoms with E-state index < -0.39 is 11.8 Å². The smallest absolute Gasteiger partial charge is 0.337 e. The molecule has 0 atom stereocenters. The van der Waals surface area contributed by atoms with E-state index in [4.69, 9.17) is 4.74 Å². The van der Waals surface area contributed by atoms with Crippen LogP contribution < -0.4 is 10.1 Å². The van der Waals surface area contributed by atoms with Crippen LogP contribution in [0.2, 0.25) is 0 Å². The minimum Gasteiger partial charge on any atom is -0.490 e. The zero-order chi connectivity index (χ0) is 18.8. The summed E-state index contributed by atoms with van der Waals surface area (Å²) in [5.74, 6) is -0.815. The molecule has 1 aliphatic rings. The average Bonchev–Trinajstić information content (AvgIpc) is 3.48. The number of ether oxygens (including phenoxy) is 1. The minimum atomic E-state index is -1.11. The summed E-state index contributed by atoms with van der Waals surface area (Å²) in [7, 11) is 0. The molecule has 3 aromatic rings. The fourth-order valence-corrected chi connectivity index (χ4v) is 2.75. The van der Waals surface area contributed by atoms with Gasteiger partial charge in [0.1, 0.15) is 11.6 Å². The predicted octanol–water partition coefficient (Wildman–Crippen LogP) is 4.87. The summed E-state index contributed by atoms with van der Waals surface area (Å²) in [6, 6.07) is 13.7. The van der Waals surface area contributed by atoms with Gasteiger partial charge in [-0.15, -0.1) is 0 Å². The molecule has 2 N–H and O–H groups in total. The molecule has 0 bridgehead atoms. The van der Waals surface area contributed by atoms with Crippen LogP contribution >= 0.6 is 0 Å². The van der Waals surface area contributed by atoms with Crippen molar-refractivity contribution in [2.24, 2.45) is 0 Å². The Kier molecular flexibility index (Phi) is 4.46. The highest BCUT2D eigenvalue weighted by Crippen LogP contribution is 2.31. The van der Waals surface area contributed by atoms with Gasteiger partial charge in [-0.1, -0.05) is 18.2 Å². The lowest BCUT2D eigenvalue weighted by atomic mass is 10.0. The van der Waals surface area contributed by atoms with Crippen molar-refractivity contribution < 1.29 is 19.0 Å². The molecule has 0 amide bonds. The minimum absolute atomic E-state index is 0.0263. The zero-order valence-electron chi connectivity index (χ0n) is 14.4. The van der Waals surface area contributed by atoms with Crippen LogP contribution in [0.3, 0.4) is 0 Å². The lowest BCUT2D eigenvalue weighted by Crippen LogP contribution is -2.04. The Morgan fingerprint density at radius 3 is 2.67 bits per heavy atom. The van der Waals surface area contributed by atoms with Crippen LogP contribution in [0.4, 0.5) is 15.8 Å². The number of pyridine rings is 1. The van der Waals surface area contributed by atoms with Crippen LogP contribution in [0.1, 0.15) is 23.2 Å². The van der Waals surface area contributed by atoms with Gasteiger partial charge in [0.15, 0.2) is 0 Å². The molecule has 0 aliphatic heterocycles. The first kappa shape index (κ1) is 17.0. The standard InChI is InChI=1S/C21H17FN2O3/c22-18-11-14(13-2-1-3-16(10-13)27-15-5-6-15)4-7-19(18)24-20-12-23-9-8-17(20)21(25)26/h1-4,7-12,15,24H,5-6H2,(H,25,26). The third kappa shape index (κ3) is 3.89. The van der Waals surface area contributed by atoms with Crippen molar-refractivity contribution in [3.8, 4) is 16.9 Å². The van der Waals surface area contributed by atoms with Gasteiger partial charge < -0.3 is 15.2 Å². The lowest BCUT2D eigenvalue weighted by molar-refractivity contribution is 0.0698. The highest BCUT2D eigenvalue weighted by Gasteiger charge is 2.23. The summed E-state index contributed by atoms with van der Waals surface area (Å²) in [5, 5.41) is 12.0. The summed E-state index contributed by atoms with van der Waals surface area (Å²) in [5.41, 5.74) is 2.00. The number of hydrogen-bond donors (Lipinski definition) is 2. The lowest BCUT2D eigenvalue weighted by Gasteiger charge is -2.12. The molecule has 0 radical (unpaired) electrons. The molecular formula is C21H17FN2O3. The first-order valence-electron chi connectivity index (χ1n) is 8.61. The van der Waals surface area contributed by atoms with E-state index in [0.717, 1.165) is 24.2 Å². The van der Waals surface area contributed by atoms with Crippen molar-refractivity contribution in [1.82, 2.24) is 4.98 Å². The molecule has 27 heavy (non-hydrogen) atoms. The van der Waals surface area contributed by atoms with Crippen LogP contribution in [-0.4, -0.2) is 22.2 Å². The Morgan fingerprint density at radius 2 is 1.93 bits per heavy atom. The number of nitrogens with one attached hydrogen (secondary N) is 1. The number of nitrogens with zero attached hydrogens (tertiary/aromatic N) is 1. The number of aromatic nitrogens is 1. The van der Waals surface area contributed by atoms with Crippen LogP contribution in [0.25, 0.3) is 11.1 Å². The van der Waals surface area contributed by atoms with Crippen LogP contribution in [0, 0.1) is 5.82 Å². The maximum absolute atomic E-state index is 14.6. The molecular weight excluding hydrogens is 347 g/mol. The van der Waals surface area contributed by atoms with Gasteiger partial charge in [0.2, 0.25) is 0 Å². The van der Waals surface area contributed by atoms with Gasteiger partial charge in [0.25, 0.3) is 0 Å². The second-order valence-electron chi connectivity index (χ2n) is 6.39. The van der Waals surface area contributed by atoms with Gasteiger partial charge >= 0.3 is 5.97 Å². The molecule has 136 valence electrons. The van der Waals surface area contributed by atoms with Crippen LogP contribution in [0.5, 0.6) is 5.75 Å². The molecule has 0 spiro atoms. The van der Waals surface area contributed by atoms with Gasteiger partial charge in [0, 0.05) is 6.20 Å². The third-order valence-electron chi connectivity index (χ3n) is 4.28. The molecule has 0 saturated heterocycles. The summed E-state index contributed by atoms with van der Waals surface area (Å²) < 4.78 is 20.4. The number of rotatable bonds is 6. The monoisotopic (exact) mass is 364 g/mol. The molecule has 0 unspecified atom stereocenters. The fourth-order valence-electron chi connectivity index (χ4n) is 2.75. The normalized spacial score (nSPS) is 13.2. The maximum Gasteiger partial charge on any atom is 0.337 e. The molecule has 1 heterocycles. The Bertz CT molecular complexity index is 1000. The van der Waals surface area contributed by atoms with E-state index in [-0.39, 0.29) is 16.9 Å². The summed E-state index contributed by atoms with van der Waals surface area (Å²) in [6.45, 7) is 0. The average molecular weight is 364 g/mol. The van der Waals surface area contributed by atoms with Crippen LogP contribution in [-0.2, 0) is 0 Å². The van der Waals surface area contributed by atoms with E-state index in [2.05, 4.69) is 10.3 Å². The SMILES string of the molecule is O=C(O)c1ccncc1Nc1ccc(-c2cccc(OC3CC3)c2)cc1F. The molecule has 1 saturated carbocycles. The molecule has 6 heteroatoms. The number of aromatic carboxylic acids is 1. The summed E-state index contributed by atoms with van der Waals surface area (Å²) in [4.78, 5) is 15.2. The number of anilines is 2. The first-order chi connectivity index (χ1) is 13.1. The number of halogens is 1. The van der Waals surface area contributed by atoms with Crippen molar-refractivity contribution in [2.75, 3.05) is 5.32 Å². The fraction of sp³-hybridized carbons (Fsp3) is 0.143. The van der Waals surface area contributed by atoms with E-state index in [1.807, 2.05) is 24.3 Å². The quantitative estimate of drug-likeness (QED) is 0.653. The second kappa shape index (κ2) is 7.07. The van der Waals surface area contributed by atoms with Gasteiger partial charge in [-0.25, -0.2) is 9.18 Å². The van der Waals surface area contributed by atoms with Gasteiger partial charge in [-0.2, -0.15) is 0 Å². The van der Waals surface area contributed by atoms with Gasteiger partial charge in [-0.3, -0.25) is 4.98 Å². The molecule has 5 nitrogen and oxygen atoms in total. The second-order valence-corrected chi connectivity index (χ2v) is 6.39. The number of hydrogen-bond acceptors (Lipinski definition) is 4. The number of benzene rings is 2. The Hall–Kier alpha value is -3.41. The van der Waals surface area contributed by atoms with Gasteiger partial charge in [-0.05, 0) is 54.3 Å². The van der Waals surface area contributed by atoms with E-state index in [1.54, 1.807) is 12.1 Å². The summed E-state index contributed by atoms with van der Waals surface area (Å²) >= 11 is 0. The van der Waals surface area contributed by atoms with E-state index >= 15 is 0 Å². The Morgan fingerprint density at radius 1 is 1.11 bits per heavy atom. The van der Waals surface area contributed by atoms with Crippen molar-refractivity contribution in [1.29, 1.82) is 0 Å². The molecule has 1 aliphatic carbocycles. The van der Waals surface area contributed by atoms with Gasteiger partial charge in [0.05, 0.1) is 29.2 Å². The maximum atomic E-state index is 14.6. The number of carboxylic acid groups (broad SMARTS) is 1. The third-order valence-corrected chi connectivity index (χ3v) is 4.28. The molecule has 1 fully saturated rings. The van der Waals surface area contributed by atoms with Crippen molar-refractivity contribution >= 4 is 17.3 Å². The highest BCUT2D eigenvalue weighted by molar-refractivity contribution is 5.94. The molecule has 2 aromatic carbocycles. The summed E-state index contributed by atoms with van der Waals surface area (Å²) in [6.07, 6.45) is 5.18. The van der Waals surface area contributed by atoms with E-state index in [0.29, 0.717) is 11.7 Å². The Balaban J connectivity index is 1.59. The zero-order valence-corrected chi connectivity index (χ0v) is 14.4. The van der Waals surface area contributed by atoms with Crippen molar-refractivity contribution in [2.45, 2.75) is 18.9 Å². The number of carboxylic acids is 1. The predicted molar refractivity (Wildman–Crippen MR) is 100.0 cm³/mol. The topological polar surface area (TPSA) is 71.5 Å². The molecule has 4 rings (SSSR count). The largest absolute Gasteiger partial charge is 0.490 e. The van der Waals surface area contributed by atoms with Crippen LogP contribution in [0.15, 0.2) is 60.9 Å². The van der Waals surface area contributed by atoms with Crippen molar-refractivity contribution in [3.63, 3.8) is 0 Å². The molecule has 1 aromatic heterocycles.